The van der Waals surface area contributed by atoms with Gasteiger partial charge in [-0.3, -0.25) is 9.59 Å². The van der Waals surface area contributed by atoms with Crippen molar-refractivity contribution in [3.05, 3.63) is 88.1 Å². The number of Topliss-reactive ketones (excluding diaryl/α,β-unsaturated/α-hetero) is 1. The Labute approximate surface area is 161 Å². The third-order valence-electron chi connectivity index (χ3n) is 3.90. The summed E-state index contributed by atoms with van der Waals surface area (Å²) in [6.07, 6.45) is 0.274. The fraction of sp³-hybridized carbons (Fsp3) is 0.143. The van der Waals surface area contributed by atoms with Gasteiger partial charge in [0.15, 0.2) is 5.78 Å². The molecule has 0 aliphatic rings. The number of carbonyl (C=O) groups excluding carboxylic acids is 2. The molecule has 3 rings (SSSR count). The molecule has 0 amide bonds. The van der Waals surface area contributed by atoms with Gasteiger partial charge in [0, 0.05) is 22.4 Å². The predicted octanol–water partition coefficient (Wildman–Crippen LogP) is 5.64. The van der Waals surface area contributed by atoms with E-state index in [1.54, 1.807) is 54.8 Å². The van der Waals surface area contributed by atoms with Crippen LogP contribution in [0.5, 0.6) is 5.75 Å². The minimum atomic E-state index is -0.197. The normalized spacial score (nSPS) is 11.7. The van der Waals surface area contributed by atoms with Gasteiger partial charge in [-0.15, -0.1) is 11.3 Å². The van der Waals surface area contributed by atoms with Crippen LogP contribution in [0.25, 0.3) is 0 Å². The first kappa shape index (κ1) is 18.4. The third-order valence-corrected chi connectivity index (χ3v) is 6.19. The number of thioether (sulfide) groups is 1. The zero-order valence-corrected chi connectivity index (χ0v) is 15.9. The van der Waals surface area contributed by atoms with Crippen LogP contribution in [-0.2, 0) is 0 Å². The molecule has 26 heavy (non-hydrogen) atoms. The topological polar surface area (TPSA) is 43.4 Å². The molecule has 0 saturated heterocycles. The Morgan fingerprint density at radius 1 is 0.962 bits per heavy atom. The molecule has 0 N–H and O–H groups in total. The number of ketones is 1. The van der Waals surface area contributed by atoms with Crippen LogP contribution in [0.3, 0.4) is 0 Å². The number of benzene rings is 2. The fourth-order valence-electron chi connectivity index (χ4n) is 2.51. The first-order chi connectivity index (χ1) is 12.7. The van der Waals surface area contributed by atoms with Crippen molar-refractivity contribution in [3.8, 4) is 5.75 Å². The minimum Gasteiger partial charge on any atom is -0.497 e. The van der Waals surface area contributed by atoms with Crippen molar-refractivity contribution in [1.82, 2.24) is 0 Å². The second-order valence-corrected chi connectivity index (χ2v) is 7.79. The van der Waals surface area contributed by atoms with E-state index in [2.05, 4.69) is 0 Å². The Morgan fingerprint density at radius 3 is 2.31 bits per heavy atom. The van der Waals surface area contributed by atoms with E-state index in [1.807, 2.05) is 35.7 Å². The summed E-state index contributed by atoms with van der Waals surface area (Å²) >= 11 is 2.78. The minimum absolute atomic E-state index is 0.0133. The Hall–Kier alpha value is -2.37. The lowest BCUT2D eigenvalue weighted by Gasteiger charge is -2.14. The summed E-state index contributed by atoms with van der Waals surface area (Å²) in [7, 11) is 1.59. The van der Waals surface area contributed by atoms with Gasteiger partial charge < -0.3 is 4.74 Å². The highest BCUT2D eigenvalue weighted by atomic mass is 32.2. The van der Waals surface area contributed by atoms with E-state index >= 15 is 0 Å². The molecule has 0 saturated carbocycles. The number of thiophene rings is 1. The molecular weight excluding hydrogens is 364 g/mol. The lowest BCUT2D eigenvalue weighted by atomic mass is 10.1. The monoisotopic (exact) mass is 382 g/mol. The first-order valence-corrected chi connectivity index (χ1v) is 9.90. The molecule has 0 spiro atoms. The molecule has 1 atom stereocenters. The molecule has 3 nitrogen and oxygen atoms in total. The van der Waals surface area contributed by atoms with Gasteiger partial charge >= 0.3 is 0 Å². The van der Waals surface area contributed by atoms with E-state index in [-0.39, 0.29) is 22.6 Å². The van der Waals surface area contributed by atoms with Crippen LogP contribution in [-0.4, -0.2) is 18.0 Å². The van der Waals surface area contributed by atoms with Gasteiger partial charge in [0.2, 0.25) is 5.12 Å². The van der Waals surface area contributed by atoms with E-state index in [1.165, 1.54) is 11.8 Å². The van der Waals surface area contributed by atoms with Crippen molar-refractivity contribution in [2.45, 2.75) is 11.7 Å². The summed E-state index contributed by atoms with van der Waals surface area (Å²) in [6, 6.07) is 20.1. The standard InChI is InChI=1S/C21H18O3S2/c1-24-17-11-9-15(10-12-17)18(22)14-20(19-8-5-13-25-19)26-21(23)16-6-3-2-4-7-16/h2-13,20H,14H2,1H3. The van der Waals surface area contributed by atoms with Crippen molar-refractivity contribution in [2.24, 2.45) is 0 Å². The summed E-state index contributed by atoms with van der Waals surface area (Å²) in [5.41, 5.74) is 1.27. The van der Waals surface area contributed by atoms with Crippen LogP contribution in [0.1, 0.15) is 37.3 Å². The van der Waals surface area contributed by atoms with Crippen LogP contribution in [0.15, 0.2) is 72.1 Å². The molecule has 1 heterocycles. The van der Waals surface area contributed by atoms with Crippen molar-refractivity contribution < 1.29 is 14.3 Å². The molecule has 132 valence electrons. The maximum atomic E-state index is 12.7. The summed E-state index contributed by atoms with van der Waals surface area (Å²) in [6.45, 7) is 0. The number of ether oxygens (including phenoxy) is 1. The summed E-state index contributed by atoms with van der Waals surface area (Å²) in [5, 5.41) is 1.75. The number of carbonyl (C=O) groups is 2. The summed E-state index contributed by atoms with van der Waals surface area (Å²) in [4.78, 5) is 26.3. The SMILES string of the molecule is COc1ccc(C(=O)CC(SC(=O)c2ccccc2)c2cccs2)cc1. The van der Waals surface area contributed by atoms with Crippen molar-refractivity contribution in [1.29, 1.82) is 0 Å². The van der Waals surface area contributed by atoms with Crippen LogP contribution in [0.2, 0.25) is 0 Å². The average molecular weight is 383 g/mol. The Morgan fingerprint density at radius 2 is 1.69 bits per heavy atom. The van der Waals surface area contributed by atoms with E-state index in [4.69, 9.17) is 4.74 Å². The third kappa shape index (κ3) is 4.62. The smallest absolute Gasteiger partial charge is 0.219 e. The lowest BCUT2D eigenvalue weighted by molar-refractivity contribution is 0.0982. The highest BCUT2D eigenvalue weighted by molar-refractivity contribution is 8.14. The zero-order valence-electron chi connectivity index (χ0n) is 14.3. The van der Waals surface area contributed by atoms with Crippen LogP contribution >= 0.6 is 23.1 Å². The largest absolute Gasteiger partial charge is 0.497 e. The number of rotatable bonds is 7. The molecule has 0 fully saturated rings. The van der Waals surface area contributed by atoms with Crippen LogP contribution in [0, 0.1) is 0 Å². The van der Waals surface area contributed by atoms with Crippen molar-refractivity contribution in [2.75, 3.05) is 7.11 Å². The second kappa shape index (κ2) is 8.83. The molecule has 0 bridgehead atoms. The quantitative estimate of drug-likeness (QED) is 0.496. The van der Waals surface area contributed by atoms with Gasteiger partial charge in [-0.05, 0) is 35.7 Å². The maximum absolute atomic E-state index is 12.7. The Bertz CT molecular complexity index is 856. The number of hydrogen-bond donors (Lipinski definition) is 0. The fourth-order valence-corrected chi connectivity index (χ4v) is 4.49. The molecule has 0 aliphatic carbocycles. The van der Waals surface area contributed by atoms with Crippen LogP contribution < -0.4 is 4.74 Å². The van der Waals surface area contributed by atoms with Gasteiger partial charge in [0.25, 0.3) is 0 Å². The average Bonchev–Trinajstić information content (AvgIpc) is 3.23. The Kier molecular flexibility index (Phi) is 6.26. The van der Waals surface area contributed by atoms with E-state index in [9.17, 15) is 9.59 Å². The second-order valence-electron chi connectivity index (χ2n) is 5.63. The van der Waals surface area contributed by atoms with E-state index < -0.39 is 0 Å². The number of methoxy groups -OCH3 is 1. The molecule has 1 unspecified atom stereocenters. The first-order valence-electron chi connectivity index (χ1n) is 8.14. The van der Waals surface area contributed by atoms with Gasteiger partial charge in [0.05, 0.1) is 12.4 Å². The molecular formula is C21H18O3S2. The van der Waals surface area contributed by atoms with E-state index in [0.717, 1.165) is 4.88 Å². The highest BCUT2D eigenvalue weighted by Crippen LogP contribution is 2.37. The highest BCUT2D eigenvalue weighted by Gasteiger charge is 2.22. The molecule has 0 aliphatic heterocycles. The molecule has 0 radical (unpaired) electrons. The Balaban J connectivity index is 1.76. The van der Waals surface area contributed by atoms with Crippen LogP contribution in [0.4, 0.5) is 0 Å². The molecule has 5 heteroatoms. The van der Waals surface area contributed by atoms with Gasteiger partial charge in [-0.2, -0.15) is 0 Å². The summed E-state index contributed by atoms with van der Waals surface area (Å²) < 4.78 is 5.13. The van der Waals surface area contributed by atoms with Gasteiger partial charge in [-0.25, -0.2) is 0 Å². The van der Waals surface area contributed by atoms with Gasteiger partial charge in [0.1, 0.15) is 5.75 Å². The predicted molar refractivity (Wildman–Crippen MR) is 107 cm³/mol. The van der Waals surface area contributed by atoms with E-state index in [0.29, 0.717) is 16.9 Å². The lowest BCUT2D eigenvalue weighted by Crippen LogP contribution is -2.07. The molecule has 2 aromatic carbocycles. The summed E-state index contributed by atoms with van der Waals surface area (Å²) in [5.74, 6) is 0.726. The molecule has 3 aromatic rings. The molecule has 1 aromatic heterocycles. The van der Waals surface area contributed by atoms with Crippen molar-refractivity contribution >= 4 is 34.0 Å². The van der Waals surface area contributed by atoms with Crippen molar-refractivity contribution in [3.63, 3.8) is 0 Å². The zero-order chi connectivity index (χ0) is 18.4. The maximum Gasteiger partial charge on any atom is 0.219 e. The number of hydrogen-bond acceptors (Lipinski definition) is 5. The van der Waals surface area contributed by atoms with Gasteiger partial charge in [-0.1, -0.05) is 48.2 Å².